The lowest BCUT2D eigenvalue weighted by Crippen LogP contribution is -2.35. The topological polar surface area (TPSA) is 87.2 Å². The lowest BCUT2D eigenvalue weighted by atomic mass is 9.99. The SMILES string of the molecule is C=C/C=C(\C=C)C(=O)Nc1ccc(C(C)C=O)cn1.CNCc1ccc(C(F)(F)F)nc1N1CCC(C)CC1. The smallest absolute Gasteiger partial charge is 0.356 e. The number of carbonyl (C=O) groups excluding carboxylic acids is 2. The summed E-state index contributed by atoms with van der Waals surface area (Å²) < 4.78 is 38.5. The first-order chi connectivity index (χ1) is 18.5. The molecule has 7 nitrogen and oxygen atoms in total. The van der Waals surface area contributed by atoms with Crippen molar-refractivity contribution >= 4 is 23.8 Å². The van der Waals surface area contributed by atoms with Crippen LogP contribution in [0, 0.1) is 5.92 Å². The Labute approximate surface area is 227 Å². The molecule has 0 spiro atoms. The largest absolute Gasteiger partial charge is 0.433 e. The highest BCUT2D eigenvalue weighted by Crippen LogP contribution is 2.32. The third-order valence-electron chi connectivity index (χ3n) is 6.23. The van der Waals surface area contributed by atoms with Gasteiger partial charge < -0.3 is 20.3 Å². The van der Waals surface area contributed by atoms with Gasteiger partial charge in [0, 0.05) is 42.9 Å². The van der Waals surface area contributed by atoms with Crippen molar-refractivity contribution in [2.75, 3.05) is 30.4 Å². The summed E-state index contributed by atoms with van der Waals surface area (Å²) in [6.07, 6.45) is 4.53. The van der Waals surface area contributed by atoms with Gasteiger partial charge in [0.15, 0.2) is 0 Å². The molecule has 2 aromatic rings. The van der Waals surface area contributed by atoms with Gasteiger partial charge in [-0.2, -0.15) is 13.2 Å². The van der Waals surface area contributed by atoms with Crippen molar-refractivity contribution in [3.63, 3.8) is 0 Å². The highest BCUT2D eigenvalue weighted by molar-refractivity contribution is 6.05. The first-order valence-electron chi connectivity index (χ1n) is 12.7. The van der Waals surface area contributed by atoms with Crippen LogP contribution in [-0.2, 0) is 22.3 Å². The number of alkyl halides is 3. The molecule has 10 heteroatoms. The standard InChI is InChI=1S/C15H16N2O2.C14H20F3N3/c1-4-6-12(5-2)15(19)17-14-8-7-13(9-16-14)11(3)10-18;1-10-5-7-20(8-6-10)13-11(9-18-2)3-4-12(19-13)14(15,16)17/h4-11H,1-2H2,3H3,(H,16,17,19);3-4,10,18H,5-9H2,1-2H3/b12-6+;. The van der Waals surface area contributed by atoms with E-state index in [4.69, 9.17) is 0 Å². The van der Waals surface area contributed by atoms with Crippen LogP contribution in [0.5, 0.6) is 0 Å². The zero-order valence-corrected chi connectivity index (χ0v) is 22.6. The van der Waals surface area contributed by atoms with E-state index in [2.05, 4.69) is 40.7 Å². The maximum Gasteiger partial charge on any atom is 0.433 e. The number of pyridine rings is 2. The molecule has 0 radical (unpaired) electrons. The fraction of sp³-hybridized carbons (Fsp3) is 0.379. The normalized spacial score (nSPS) is 15.0. The predicted octanol–water partition coefficient (Wildman–Crippen LogP) is 5.68. The van der Waals surface area contributed by atoms with Gasteiger partial charge in [-0.1, -0.05) is 57.4 Å². The van der Waals surface area contributed by atoms with Gasteiger partial charge in [0.05, 0.1) is 0 Å². The molecular weight excluding hydrogens is 507 g/mol. The van der Waals surface area contributed by atoms with E-state index in [0.717, 1.165) is 49.4 Å². The van der Waals surface area contributed by atoms with Crippen LogP contribution in [0.1, 0.15) is 49.4 Å². The first kappa shape index (κ1) is 31.4. The number of amides is 1. The zero-order chi connectivity index (χ0) is 29.0. The van der Waals surface area contributed by atoms with Crippen LogP contribution in [0.25, 0.3) is 0 Å². The summed E-state index contributed by atoms with van der Waals surface area (Å²) in [4.78, 5) is 32.4. The van der Waals surface area contributed by atoms with Gasteiger partial charge in [0.25, 0.3) is 5.91 Å². The number of aldehydes is 1. The summed E-state index contributed by atoms with van der Waals surface area (Å²) in [5, 5.41) is 5.62. The van der Waals surface area contributed by atoms with E-state index in [0.29, 0.717) is 29.7 Å². The number of hydrogen-bond acceptors (Lipinski definition) is 6. The number of halogens is 3. The van der Waals surface area contributed by atoms with Gasteiger partial charge in [-0.05, 0) is 43.5 Å². The molecule has 0 bridgehead atoms. The predicted molar refractivity (Wildman–Crippen MR) is 148 cm³/mol. The van der Waals surface area contributed by atoms with Crippen LogP contribution < -0.4 is 15.5 Å². The first-order valence-corrected chi connectivity index (χ1v) is 12.7. The van der Waals surface area contributed by atoms with E-state index in [-0.39, 0.29) is 11.8 Å². The van der Waals surface area contributed by atoms with Crippen molar-refractivity contribution in [1.82, 2.24) is 15.3 Å². The number of rotatable bonds is 9. The average Bonchev–Trinajstić information content (AvgIpc) is 2.92. The van der Waals surface area contributed by atoms with E-state index in [9.17, 15) is 22.8 Å². The van der Waals surface area contributed by atoms with E-state index in [1.54, 1.807) is 38.4 Å². The fourth-order valence-corrected chi connectivity index (χ4v) is 3.84. The Morgan fingerprint density at radius 3 is 2.41 bits per heavy atom. The second kappa shape index (κ2) is 15.0. The molecule has 210 valence electrons. The summed E-state index contributed by atoms with van der Waals surface area (Å²) in [6.45, 7) is 13.1. The maximum atomic E-state index is 12.8. The monoisotopic (exact) mass is 543 g/mol. The van der Waals surface area contributed by atoms with Crippen molar-refractivity contribution in [3.05, 3.63) is 84.2 Å². The van der Waals surface area contributed by atoms with Crippen molar-refractivity contribution in [3.8, 4) is 0 Å². The zero-order valence-electron chi connectivity index (χ0n) is 22.6. The summed E-state index contributed by atoms with van der Waals surface area (Å²) in [6, 6.07) is 6.00. The lowest BCUT2D eigenvalue weighted by Gasteiger charge is -2.32. The Morgan fingerprint density at radius 1 is 1.21 bits per heavy atom. The molecule has 1 fully saturated rings. The van der Waals surface area contributed by atoms with E-state index in [1.807, 2.05) is 4.90 Å². The van der Waals surface area contributed by atoms with Gasteiger partial charge in [0.1, 0.15) is 23.6 Å². The summed E-state index contributed by atoms with van der Waals surface area (Å²) >= 11 is 0. The van der Waals surface area contributed by atoms with E-state index < -0.39 is 11.9 Å². The number of carbonyl (C=O) groups is 2. The van der Waals surface area contributed by atoms with E-state index >= 15 is 0 Å². The minimum Gasteiger partial charge on any atom is -0.356 e. The summed E-state index contributed by atoms with van der Waals surface area (Å²) in [5.74, 6) is 1.01. The highest BCUT2D eigenvalue weighted by atomic mass is 19.4. The molecule has 2 aromatic heterocycles. The minimum atomic E-state index is -4.39. The number of hydrogen-bond donors (Lipinski definition) is 2. The quantitative estimate of drug-likeness (QED) is 0.241. The third-order valence-corrected chi connectivity index (χ3v) is 6.23. The Morgan fingerprint density at radius 2 is 1.90 bits per heavy atom. The highest BCUT2D eigenvalue weighted by Gasteiger charge is 2.34. The average molecular weight is 544 g/mol. The van der Waals surface area contributed by atoms with E-state index in [1.165, 1.54) is 18.2 Å². The van der Waals surface area contributed by atoms with Crippen LogP contribution in [0.3, 0.4) is 0 Å². The number of piperidine rings is 1. The number of allylic oxidation sites excluding steroid dienone is 2. The van der Waals surface area contributed by atoms with Crippen LogP contribution in [0.15, 0.2) is 67.4 Å². The van der Waals surface area contributed by atoms with Crippen molar-refractivity contribution in [1.29, 1.82) is 0 Å². The maximum absolute atomic E-state index is 12.8. The Kier molecular flexibility index (Phi) is 12.1. The molecule has 39 heavy (non-hydrogen) atoms. The van der Waals surface area contributed by atoms with Gasteiger partial charge in [-0.15, -0.1) is 0 Å². The minimum absolute atomic E-state index is 0.207. The second-order valence-electron chi connectivity index (χ2n) is 9.29. The molecule has 1 saturated heterocycles. The van der Waals surface area contributed by atoms with Gasteiger partial charge >= 0.3 is 6.18 Å². The molecule has 0 aromatic carbocycles. The molecule has 3 rings (SSSR count). The Balaban J connectivity index is 0.000000274. The van der Waals surface area contributed by atoms with Crippen molar-refractivity contribution in [2.24, 2.45) is 5.92 Å². The molecule has 1 amide bonds. The molecule has 2 N–H and O–H groups in total. The number of anilines is 2. The third kappa shape index (κ3) is 9.47. The second-order valence-corrected chi connectivity index (χ2v) is 9.29. The van der Waals surface area contributed by atoms with Crippen molar-refractivity contribution < 1.29 is 22.8 Å². The molecule has 1 atom stereocenters. The molecule has 0 aliphatic carbocycles. The summed E-state index contributed by atoms with van der Waals surface area (Å²) in [5.41, 5.74) is 1.21. The van der Waals surface area contributed by atoms with Crippen LogP contribution in [-0.4, -0.2) is 42.3 Å². The van der Waals surface area contributed by atoms with Crippen LogP contribution in [0.4, 0.5) is 24.8 Å². The Hall–Kier alpha value is -3.79. The lowest BCUT2D eigenvalue weighted by molar-refractivity contribution is -0.141. The molecule has 1 aliphatic heterocycles. The number of nitrogens with one attached hydrogen (secondary N) is 2. The van der Waals surface area contributed by atoms with Crippen LogP contribution >= 0.6 is 0 Å². The van der Waals surface area contributed by atoms with Crippen LogP contribution in [0.2, 0.25) is 0 Å². The van der Waals surface area contributed by atoms with Gasteiger partial charge in [-0.3, -0.25) is 4.79 Å². The van der Waals surface area contributed by atoms with Crippen molar-refractivity contribution in [2.45, 2.75) is 45.3 Å². The summed E-state index contributed by atoms with van der Waals surface area (Å²) in [7, 11) is 1.78. The van der Waals surface area contributed by atoms with Gasteiger partial charge in [0.2, 0.25) is 0 Å². The molecule has 0 saturated carbocycles. The van der Waals surface area contributed by atoms with Gasteiger partial charge in [-0.25, -0.2) is 9.97 Å². The Bertz CT molecular complexity index is 1150. The number of aromatic nitrogens is 2. The molecule has 1 aliphatic rings. The molecule has 3 heterocycles. The fourth-order valence-electron chi connectivity index (χ4n) is 3.84. The molecular formula is C29H36F3N5O2. The molecule has 1 unspecified atom stereocenters. The number of nitrogens with zero attached hydrogens (tertiary/aromatic N) is 3.